The molecule has 0 aliphatic rings. The van der Waals surface area contributed by atoms with Crippen molar-refractivity contribution in [3.8, 4) is 0 Å². The van der Waals surface area contributed by atoms with Gasteiger partial charge < -0.3 is 10.6 Å². The lowest BCUT2D eigenvalue weighted by atomic mass is 10.1. The molecule has 0 saturated heterocycles. The Labute approximate surface area is 126 Å². The minimum Gasteiger partial charge on any atom is -0.352 e. The van der Waals surface area contributed by atoms with Crippen molar-refractivity contribution < 1.29 is 9.59 Å². The van der Waals surface area contributed by atoms with Gasteiger partial charge in [-0.05, 0) is 37.5 Å². The summed E-state index contributed by atoms with van der Waals surface area (Å²) in [6.45, 7) is 8.07. The van der Waals surface area contributed by atoms with E-state index in [1.165, 1.54) is 0 Å². The molecule has 0 radical (unpaired) electrons. The molecule has 0 aliphatic carbocycles. The molecule has 0 aliphatic heterocycles. The Bertz CT molecular complexity index is 480. The monoisotopic (exact) mass is 288 g/mol. The fourth-order valence-electron chi connectivity index (χ4n) is 1.71. The lowest BCUT2D eigenvalue weighted by Gasteiger charge is -2.11. The van der Waals surface area contributed by atoms with Crippen LogP contribution in [0.4, 0.5) is 0 Å². The van der Waals surface area contributed by atoms with E-state index in [-0.39, 0.29) is 17.9 Å². The molecule has 1 unspecified atom stereocenters. The lowest BCUT2D eigenvalue weighted by Crippen LogP contribution is -2.31. The molecule has 2 amide bonds. The van der Waals surface area contributed by atoms with Crippen LogP contribution in [0.2, 0.25) is 0 Å². The molecule has 1 rings (SSSR count). The van der Waals surface area contributed by atoms with Gasteiger partial charge in [-0.1, -0.05) is 25.1 Å². The zero-order valence-corrected chi connectivity index (χ0v) is 12.8. The van der Waals surface area contributed by atoms with Crippen LogP contribution in [-0.2, 0) is 11.3 Å². The van der Waals surface area contributed by atoms with E-state index >= 15 is 0 Å². The number of hydrogen-bond acceptors (Lipinski definition) is 2. The average Bonchev–Trinajstić information content (AvgIpc) is 2.51. The molecule has 0 spiro atoms. The van der Waals surface area contributed by atoms with Gasteiger partial charge in [0.15, 0.2) is 0 Å². The highest BCUT2D eigenvalue weighted by Gasteiger charge is 2.08. The quantitative estimate of drug-likeness (QED) is 0.723. The lowest BCUT2D eigenvalue weighted by molar-refractivity contribution is -0.121. The van der Waals surface area contributed by atoms with E-state index in [1.54, 1.807) is 18.2 Å². The fraction of sp³-hybridized carbons (Fsp3) is 0.412. The molecule has 1 aromatic rings. The predicted molar refractivity (Wildman–Crippen MR) is 84.9 cm³/mol. The van der Waals surface area contributed by atoms with Crippen molar-refractivity contribution in [1.29, 1.82) is 0 Å². The Balaban J connectivity index is 2.48. The van der Waals surface area contributed by atoms with Crippen molar-refractivity contribution in [2.75, 3.05) is 0 Å². The number of amides is 2. The number of carbonyl (C=O) groups excluding carboxylic acids is 2. The third-order valence-electron chi connectivity index (χ3n) is 3.27. The summed E-state index contributed by atoms with van der Waals surface area (Å²) in [7, 11) is 0. The Morgan fingerprint density at radius 1 is 1.29 bits per heavy atom. The minimum absolute atomic E-state index is 0.00786. The second-order valence-corrected chi connectivity index (χ2v) is 5.08. The average molecular weight is 288 g/mol. The SMILES string of the molecule is C=CCCC(=O)NCc1ccc(C(=O)NC(C)CC)cc1. The van der Waals surface area contributed by atoms with E-state index in [1.807, 2.05) is 26.0 Å². The first-order valence-electron chi connectivity index (χ1n) is 7.34. The second-order valence-electron chi connectivity index (χ2n) is 5.08. The van der Waals surface area contributed by atoms with E-state index in [9.17, 15) is 9.59 Å². The van der Waals surface area contributed by atoms with Crippen LogP contribution < -0.4 is 10.6 Å². The van der Waals surface area contributed by atoms with Crippen LogP contribution in [0.15, 0.2) is 36.9 Å². The third-order valence-corrected chi connectivity index (χ3v) is 3.27. The Hall–Kier alpha value is -2.10. The number of hydrogen-bond donors (Lipinski definition) is 2. The van der Waals surface area contributed by atoms with Crippen LogP contribution in [0.3, 0.4) is 0 Å². The summed E-state index contributed by atoms with van der Waals surface area (Å²) in [5.74, 6) is -0.0561. The highest BCUT2D eigenvalue weighted by Crippen LogP contribution is 2.05. The third kappa shape index (κ3) is 6.25. The summed E-state index contributed by atoms with van der Waals surface area (Å²) in [5.41, 5.74) is 1.61. The van der Waals surface area contributed by atoms with Crippen molar-refractivity contribution in [2.24, 2.45) is 0 Å². The molecule has 0 bridgehead atoms. The standard InChI is InChI=1S/C17H24N2O2/c1-4-6-7-16(20)18-12-14-8-10-15(11-9-14)17(21)19-13(3)5-2/h4,8-11,13H,1,5-7,12H2,2-3H3,(H,18,20)(H,19,21). The molecule has 4 nitrogen and oxygen atoms in total. The first-order chi connectivity index (χ1) is 10.1. The molecule has 4 heteroatoms. The van der Waals surface area contributed by atoms with E-state index < -0.39 is 0 Å². The molecule has 0 heterocycles. The minimum atomic E-state index is -0.0640. The first-order valence-corrected chi connectivity index (χ1v) is 7.34. The highest BCUT2D eigenvalue weighted by atomic mass is 16.2. The zero-order valence-electron chi connectivity index (χ0n) is 12.8. The summed E-state index contributed by atoms with van der Waals surface area (Å²) in [5, 5.41) is 5.76. The van der Waals surface area contributed by atoms with Crippen molar-refractivity contribution in [3.63, 3.8) is 0 Å². The van der Waals surface area contributed by atoms with Gasteiger partial charge in [-0.2, -0.15) is 0 Å². The largest absolute Gasteiger partial charge is 0.352 e. The van der Waals surface area contributed by atoms with Crippen LogP contribution in [0.1, 0.15) is 49.0 Å². The summed E-state index contributed by atoms with van der Waals surface area (Å²) >= 11 is 0. The maximum Gasteiger partial charge on any atom is 0.251 e. The summed E-state index contributed by atoms with van der Waals surface area (Å²) in [6.07, 6.45) is 3.77. The van der Waals surface area contributed by atoms with Crippen LogP contribution in [0, 0.1) is 0 Å². The topological polar surface area (TPSA) is 58.2 Å². The molecular weight excluding hydrogens is 264 g/mol. The van der Waals surface area contributed by atoms with Gasteiger partial charge in [0.2, 0.25) is 5.91 Å². The highest BCUT2D eigenvalue weighted by molar-refractivity contribution is 5.94. The number of nitrogens with one attached hydrogen (secondary N) is 2. The number of rotatable bonds is 8. The van der Waals surface area contributed by atoms with Gasteiger partial charge in [0.25, 0.3) is 5.91 Å². The van der Waals surface area contributed by atoms with Gasteiger partial charge in [-0.3, -0.25) is 9.59 Å². The maximum atomic E-state index is 11.9. The van der Waals surface area contributed by atoms with E-state index in [0.717, 1.165) is 12.0 Å². The normalized spacial score (nSPS) is 11.5. The van der Waals surface area contributed by atoms with Crippen LogP contribution in [-0.4, -0.2) is 17.9 Å². The molecule has 1 atom stereocenters. The molecule has 0 fully saturated rings. The maximum absolute atomic E-state index is 11.9. The molecule has 21 heavy (non-hydrogen) atoms. The van der Waals surface area contributed by atoms with E-state index in [2.05, 4.69) is 17.2 Å². The Morgan fingerprint density at radius 3 is 2.52 bits per heavy atom. The van der Waals surface area contributed by atoms with Crippen molar-refractivity contribution in [2.45, 2.75) is 45.7 Å². The number of carbonyl (C=O) groups is 2. The summed E-state index contributed by atoms with van der Waals surface area (Å²) in [4.78, 5) is 23.4. The Kier molecular flexibility index (Phi) is 7.23. The second kappa shape index (κ2) is 8.95. The first kappa shape index (κ1) is 17.0. The molecule has 1 aromatic carbocycles. The predicted octanol–water partition coefficient (Wildman–Crippen LogP) is 2.80. The van der Waals surface area contributed by atoms with Crippen LogP contribution >= 0.6 is 0 Å². The molecule has 0 aromatic heterocycles. The number of benzene rings is 1. The molecular formula is C17H24N2O2. The van der Waals surface area contributed by atoms with Gasteiger partial charge in [-0.15, -0.1) is 6.58 Å². The Morgan fingerprint density at radius 2 is 1.95 bits per heavy atom. The van der Waals surface area contributed by atoms with Gasteiger partial charge >= 0.3 is 0 Å². The van der Waals surface area contributed by atoms with Gasteiger partial charge in [0, 0.05) is 24.6 Å². The van der Waals surface area contributed by atoms with Crippen molar-refractivity contribution in [3.05, 3.63) is 48.0 Å². The van der Waals surface area contributed by atoms with Gasteiger partial charge in [0.1, 0.15) is 0 Å². The van der Waals surface area contributed by atoms with Crippen LogP contribution in [0.25, 0.3) is 0 Å². The number of allylic oxidation sites excluding steroid dienone is 1. The van der Waals surface area contributed by atoms with E-state index in [4.69, 9.17) is 0 Å². The zero-order chi connectivity index (χ0) is 15.7. The van der Waals surface area contributed by atoms with Crippen LogP contribution in [0.5, 0.6) is 0 Å². The van der Waals surface area contributed by atoms with E-state index in [0.29, 0.717) is 24.9 Å². The summed E-state index contributed by atoms with van der Waals surface area (Å²) in [6, 6.07) is 7.45. The fourth-order valence-corrected chi connectivity index (χ4v) is 1.71. The van der Waals surface area contributed by atoms with Gasteiger partial charge in [-0.25, -0.2) is 0 Å². The van der Waals surface area contributed by atoms with Crippen molar-refractivity contribution >= 4 is 11.8 Å². The summed E-state index contributed by atoms with van der Waals surface area (Å²) < 4.78 is 0. The smallest absolute Gasteiger partial charge is 0.251 e. The molecule has 0 saturated carbocycles. The molecule has 2 N–H and O–H groups in total. The molecule has 114 valence electrons. The van der Waals surface area contributed by atoms with Crippen molar-refractivity contribution in [1.82, 2.24) is 10.6 Å². The van der Waals surface area contributed by atoms with Gasteiger partial charge in [0.05, 0.1) is 0 Å².